The fourth-order valence-electron chi connectivity index (χ4n) is 2.27. The quantitative estimate of drug-likeness (QED) is 0.745. The van der Waals surface area contributed by atoms with Gasteiger partial charge in [0.05, 0.1) is 18.4 Å². The summed E-state index contributed by atoms with van der Waals surface area (Å²) in [5.41, 5.74) is 2.10. The Labute approximate surface area is 138 Å². The summed E-state index contributed by atoms with van der Waals surface area (Å²) in [6.07, 6.45) is 1.28. The van der Waals surface area contributed by atoms with E-state index in [1.807, 2.05) is 30.3 Å². The first kappa shape index (κ1) is 15.5. The molecule has 0 aliphatic rings. The minimum Gasteiger partial charge on any atom is -0.465 e. The van der Waals surface area contributed by atoms with Gasteiger partial charge in [0.1, 0.15) is 17.5 Å². The van der Waals surface area contributed by atoms with Crippen molar-refractivity contribution in [3.63, 3.8) is 0 Å². The number of hydrogen-bond donors (Lipinski definition) is 1. The van der Waals surface area contributed by atoms with Crippen LogP contribution in [0.1, 0.15) is 20.7 Å². The average Bonchev–Trinajstić information content (AvgIpc) is 3.12. The third-order valence-electron chi connectivity index (χ3n) is 3.44. The van der Waals surface area contributed by atoms with Crippen LogP contribution in [-0.4, -0.2) is 24.1 Å². The zero-order valence-electron chi connectivity index (χ0n) is 12.9. The van der Waals surface area contributed by atoms with E-state index >= 15 is 0 Å². The molecular weight excluding hydrogens is 308 g/mol. The van der Waals surface area contributed by atoms with Crippen LogP contribution in [0.25, 0.3) is 11.3 Å². The van der Waals surface area contributed by atoms with Crippen molar-refractivity contribution in [2.75, 3.05) is 12.4 Å². The van der Waals surface area contributed by atoms with Gasteiger partial charge in [0, 0.05) is 5.56 Å². The molecule has 1 N–H and O–H groups in total. The molecule has 24 heavy (non-hydrogen) atoms. The molecule has 0 saturated carbocycles. The molecule has 3 rings (SSSR count). The Hall–Kier alpha value is -3.41. The van der Waals surface area contributed by atoms with Crippen LogP contribution in [0, 0.1) is 0 Å². The lowest BCUT2D eigenvalue weighted by Gasteiger charge is -2.09. The van der Waals surface area contributed by atoms with Crippen molar-refractivity contribution < 1.29 is 18.8 Å². The number of carbonyl (C=O) groups excluding carboxylic acids is 2. The lowest BCUT2D eigenvalue weighted by molar-refractivity contribution is 0.0602. The average molecular weight is 322 g/mol. The Bertz CT molecular complexity index is 871. The van der Waals surface area contributed by atoms with E-state index in [1.165, 1.54) is 13.4 Å². The second-order valence-corrected chi connectivity index (χ2v) is 4.93. The molecule has 0 spiro atoms. The summed E-state index contributed by atoms with van der Waals surface area (Å²) in [4.78, 5) is 24.4. The highest BCUT2D eigenvalue weighted by molar-refractivity contribution is 6.10. The predicted molar refractivity (Wildman–Crippen MR) is 87.7 cm³/mol. The van der Waals surface area contributed by atoms with Crippen molar-refractivity contribution in [3.8, 4) is 11.3 Å². The monoisotopic (exact) mass is 322 g/mol. The van der Waals surface area contributed by atoms with Crippen molar-refractivity contribution in [1.29, 1.82) is 0 Å². The fourth-order valence-corrected chi connectivity index (χ4v) is 2.27. The van der Waals surface area contributed by atoms with Crippen LogP contribution in [0.2, 0.25) is 0 Å². The first-order valence-electron chi connectivity index (χ1n) is 7.19. The van der Waals surface area contributed by atoms with Crippen molar-refractivity contribution in [1.82, 2.24) is 5.16 Å². The van der Waals surface area contributed by atoms with Gasteiger partial charge in [0.15, 0.2) is 0 Å². The smallest absolute Gasteiger partial charge is 0.339 e. The van der Waals surface area contributed by atoms with Gasteiger partial charge >= 0.3 is 5.97 Å². The summed E-state index contributed by atoms with van der Waals surface area (Å²) in [7, 11) is 1.29. The lowest BCUT2D eigenvalue weighted by atomic mass is 10.1. The molecule has 0 aliphatic heterocycles. The number of rotatable bonds is 4. The summed E-state index contributed by atoms with van der Waals surface area (Å²) in [5.74, 6) is -0.953. The summed E-state index contributed by atoms with van der Waals surface area (Å²) < 4.78 is 9.68. The van der Waals surface area contributed by atoms with E-state index in [0.717, 1.165) is 5.56 Å². The number of benzene rings is 2. The molecule has 1 aromatic heterocycles. The molecule has 2 aromatic carbocycles. The van der Waals surface area contributed by atoms with Gasteiger partial charge in [-0.1, -0.05) is 47.6 Å². The van der Waals surface area contributed by atoms with Crippen LogP contribution in [0.5, 0.6) is 0 Å². The maximum absolute atomic E-state index is 12.6. The minimum absolute atomic E-state index is 0.270. The van der Waals surface area contributed by atoms with Crippen LogP contribution in [-0.2, 0) is 4.74 Å². The number of aromatic nitrogens is 1. The van der Waals surface area contributed by atoms with Crippen molar-refractivity contribution in [3.05, 3.63) is 72.0 Å². The Morgan fingerprint density at radius 2 is 1.71 bits per heavy atom. The van der Waals surface area contributed by atoms with E-state index in [2.05, 4.69) is 10.5 Å². The standard InChI is InChI=1S/C18H14N2O4/c1-23-18(22)13-9-5-6-10-15(13)19-17(21)14-11-24-20-16(14)12-7-3-2-4-8-12/h2-11H,1H3,(H,19,21). The normalized spacial score (nSPS) is 10.2. The number of amides is 1. The Morgan fingerprint density at radius 1 is 1.00 bits per heavy atom. The predicted octanol–water partition coefficient (Wildman–Crippen LogP) is 3.38. The molecule has 0 saturated heterocycles. The number of esters is 1. The molecule has 0 atom stereocenters. The van der Waals surface area contributed by atoms with E-state index in [-0.39, 0.29) is 11.1 Å². The molecule has 0 bridgehead atoms. The number of hydrogen-bond acceptors (Lipinski definition) is 5. The van der Waals surface area contributed by atoms with Gasteiger partial charge in [-0.05, 0) is 12.1 Å². The van der Waals surface area contributed by atoms with Gasteiger partial charge in [-0.2, -0.15) is 0 Å². The van der Waals surface area contributed by atoms with Gasteiger partial charge in [-0.3, -0.25) is 4.79 Å². The van der Waals surface area contributed by atoms with Crippen molar-refractivity contribution in [2.45, 2.75) is 0 Å². The maximum atomic E-state index is 12.6. The third kappa shape index (κ3) is 3.03. The summed E-state index contributed by atoms with van der Waals surface area (Å²) >= 11 is 0. The van der Waals surface area contributed by atoms with Crippen LogP contribution in [0.15, 0.2) is 65.4 Å². The van der Waals surface area contributed by atoms with Crippen molar-refractivity contribution in [2.24, 2.45) is 0 Å². The Morgan fingerprint density at radius 3 is 2.46 bits per heavy atom. The fraction of sp³-hybridized carbons (Fsp3) is 0.0556. The van der Waals surface area contributed by atoms with Crippen LogP contribution in [0.4, 0.5) is 5.69 Å². The Balaban J connectivity index is 1.90. The van der Waals surface area contributed by atoms with Gasteiger partial charge in [0.25, 0.3) is 5.91 Å². The molecule has 6 heteroatoms. The summed E-state index contributed by atoms with van der Waals surface area (Å²) in [5, 5.41) is 6.59. The molecule has 0 radical (unpaired) electrons. The SMILES string of the molecule is COC(=O)c1ccccc1NC(=O)c1conc1-c1ccccc1. The molecule has 0 fully saturated rings. The molecule has 6 nitrogen and oxygen atoms in total. The van der Waals surface area contributed by atoms with Crippen LogP contribution < -0.4 is 5.32 Å². The van der Waals surface area contributed by atoms with Crippen molar-refractivity contribution >= 4 is 17.6 Å². The first-order valence-corrected chi connectivity index (χ1v) is 7.19. The topological polar surface area (TPSA) is 81.4 Å². The van der Waals surface area contributed by atoms with Gasteiger partial charge < -0.3 is 14.6 Å². The zero-order chi connectivity index (χ0) is 16.9. The number of anilines is 1. The number of para-hydroxylation sites is 1. The van der Waals surface area contributed by atoms with E-state index in [1.54, 1.807) is 24.3 Å². The number of carbonyl (C=O) groups is 2. The Kier molecular flexibility index (Phi) is 4.38. The molecule has 1 amide bonds. The maximum Gasteiger partial charge on any atom is 0.339 e. The van der Waals surface area contributed by atoms with Gasteiger partial charge in [0.2, 0.25) is 0 Å². The number of nitrogens with zero attached hydrogens (tertiary/aromatic N) is 1. The van der Waals surface area contributed by atoms with E-state index < -0.39 is 11.9 Å². The van der Waals surface area contributed by atoms with Gasteiger partial charge in [-0.25, -0.2) is 4.79 Å². The second kappa shape index (κ2) is 6.78. The molecule has 0 unspecified atom stereocenters. The first-order chi connectivity index (χ1) is 11.7. The summed E-state index contributed by atoms with van der Waals surface area (Å²) in [6, 6.07) is 15.8. The van der Waals surface area contributed by atoms with E-state index in [4.69, 9.17) is 9.26 Å². The van der Waals surface area contributed by atoms with E-state index in [9.17, 15) is 9.59 Å². The van der Waals surface area contributed by atoms with Crippen LogP contribution in [0.3, 0.4) is 0 Å². The molecule has 1 heterocycles. The minimum atomic E-state index is -0.528. The largest absolute Gasteiger partial charge is 0.465 e. The molecule has 0 aliphatic carbocycles. The number of methoxy groups -OCH3 is 1. The highest BCUT2D eigenvalue weighted by Gasteiger charge is 2.20. The lowest BCUT2D eigenvalue weighted by Crippen LogP contribution is -2.15. The summed E-state index contributed by atoms with van der Waals surface area (Å²) in [6.45, 7) is 0. The highest BCUT2D eigenvalue weighted by atomic mass is 16.5. The van der Waals surface area contributed by atoms with Crippen LogP contribution >= 0.6 is 0 Å². The second-order valence-electron chi connectivity index (χ2n) is 4.93. The molecule has 3 aromatic rings. The van der Waals surface area contributed by atoms with E-state index in [0.29, 0.717) is 11.4 Å². The number of nitrogens with one attached hydrogen (secondary N) is 1. The van der Waals surface area contributed by atoms with Gasteiger partial charge in [-0.15, -0.1) is 0 Å². The number of ether oxygens (including phenoxy) is 1. The molecular formula is C18H14N2O4. The molecule has 120 valence electrons. The highest BCUT2D eigenvalue weighted by Crippen LogP contribution is 2.24. The third-order valence-corrected chi connectivity index (χ3v) is 3.44. The zero-order valence-corrected chi connectivity index (χ0v) is 12.9.